The number of carbonyl (C=O) groups is 1. The van der Waals surface area contributed by atoms with E-state index in [4.69, 9.17) is 0 Å². The molecule has 128 valence electrons. The van der Waals surface area contributed by atoms with Crippen LogP contribution in [0.25, 0.3) is 0 Å². The van der Waals surface area contributed by atoms with Crippen LogP contribution in [0.3, 0.4) is 0 Å². The van der Waals surface area contributed by atoms with E-state index in [0.29, 0.717) is 12.1 Å². The third kappa shape index (κ3) is 3.90. The average molecular weight is 342 g/mol. The standard InChI is InChI=1S/C16H23FN2O3S/c1-4-5-13-9-19(10-15(13)18-12(3)20)23(21,22)16-7-6-14(17)8-11(16)2/h6-8,13,15H,4-5,9-10H2,1-3H3,(H,18,20)/t13-,15-/m1/s1. The van der Waals surface area contributed by atoms with E-state index < -0.39 is 15.8 Å². The Morgan fingerprint density at radius 2 is 2.09 bits per heavy atom. The zero-order valence-corrected chi connectivity index (χ0v) is 14.5. The Balaban J connectivity index is 2.28. The summed E-state index contributed by atoms with van der Waals surface area (Å²) in [6, 6.07) is 3.51. The lowest BCUT2D eigenvalue weighted by atomic mass is 9.98. The molecule has 1 N–H and O–H groups in total. The molecule has 0 spiro atoms. The molecule has 7 heteroatoms. The van der Waals surface area contributed by atoms with Crippen molar-refractivity contribution in [2.24, 2.45) is 5.92 Å². The number of carbonyl (C=O) groups excluding carboxylic acids is 1. The van der Waals surface area contributed by atoms with Crippen LogP contribution in [0.1, 0.15) is 32.3 Å². The van der Waals surface area contributed by atoms with E-state index in [1.807, 2.05) is 6.92 Å². The number of sulfonamides is 1. The predicted molar refractivity (Wildman–Crippen MR) is 85.9 cm³/mol. The molecule has 1 aliphatic rings. The maximum Gasteiger partial charge on any atom is 0.243 e. The van der Waals surface area contributed by atoms with Gasteiger partial charge >= 0.3 is 0 Å². The van der Waals surface area contributed by atoms with Crippen molar-refractivity contribution >= 4 is 15.9 Å². The van der Waals surface area contributed by atoms with Crippen LogP contribution in [0, 0.1) is 18.7 Å². The number of hydrogen-bond acceptors (Lipinski definition) is 3. The van der Waals surface area contributed by atoms with Gasteiger partial charge in [0.05, 0.1) is 4.90 Å². The Morgan fingerprint density at radius 3 is 2.65 bits per heavy atom. The van der Waals surface area contributed by atoms with Crippen LogP contribution in [-0.2, 0) is 14.8 Å². The Bertz CT molecular complexity index is 691. The molecule has 0 aromatic heterocycles. The highest BCUT2D eigenvalue weighted by Crippen LogP contribution is 2.29. The summed E-state index contributed by atoms with van der Waals surface area (Å²) in [5, 5.41) is 2.85. The molecular formula is C16H23FN2O3S. The van der Waals surface area contributed by atoms with Gasteiger partial charge < -0.3 is 5.32 Å². The van der Waals surface area contributed by atoms with E-state index in [2.05, 4.69) is 5.32 Å². The molecule has 0 saturated carbocycles. The molecule has 1 aliphatic heterocycles. The van der Waals surface area contributed by atoms with Crippen molar-refractivity contribution in [2.45, 2.75) is 44.6 Å². The quantitative estimate of drug-likeness (QED) is 0.891. The Labute approximate surface area is 136 Å². The van der Waals surface area contributed by atoms with Gasteiger partial charge in [0.2, 0.25) is 15.9 Å². The molecule has 0 aliphatic carbocycles. The molecule has 1 heterocycles. The van der Waals surface area contributed by atoms with Crippen LogP contribution < -0.4 is 5.32 Å². The van der Waals surface area contributed by atoms with Crippen molar-refractivity contribution in [3.63, 3.8) is 0 Å². The molecule has 1 saturated heterocycles. The Hall–Kier alpha value is -1.47. The molecule has 0 unspecified atom stereocenters. The van der Waals surface area contributed by atoms with Gasteiger partial charge in [-0.25, -0.2) is 12.8 Å². The number of aryl methyl sites for hydroxylation is 1. The summed E-state index contributed by atoms with van der Waals surface area (Å²) in [7, 11) is -3.69. The van der Waals surface area contributed by atoms with Crippen LogP contribution in [0.4, 0.5) is 4.39 Å². The molecule has 1 amide bonds. The lowest BCUT2D eigenvalue weighted by Gasteiger charge is -2.18. The van der Waals surface area contributed by atoms with Crippen LogP contribution >= 0.6 is 0 Å². The highest BCUT2D eigenvalue weighted by molar-refractivity contribution is 7.89. The van der Waals surface area contributed by atoms with Gasteiger partial charge in [0, 0.05) is 26.1 Å². The average Bonchev–Trinajstić information content (AvgIpc) is 2.82. The third-order valence-corrected chi connectivity index (χ3v) is 6.20. The maximum absolute atomic E-state index is 13.2. The second kappa shape index (κ2) is 6.97. The lowest BCUT2D eigenvalue weighted by Crippen LogP contribution is -2.39. The van der Waals surface area contributed by atoms with Crippen molar-refractivity contribution in [1.82, 2.24) is 9.62 Å². The van der Waals surface area contributed by atoms with E-state index in [9.17, 15) is 17.6 Å². The normalized spacial score (nSPS) is 22.3. The number of nitrogens with one attached hydrogen (secondary N) is 1. The maximum atomic E-state index is 13.2. The summed E-state index contributed by atoms with van der Waals surface area (Å²) in [5.74, 6) is -0.518. The van der Waals surface area contributed by atoms with Crippen molar-refractivity contribution in [3.05, 3.63) is 29.6 Å². The van der Waals surface area contributed by atoms with Gasteiger partial charge in [-0.2, -0.15) is 4.31 Å². The van der Waals surface area contributed by atoms with E-state index in [1.54, 1.807) is 6.92 Å². The van der Waals surface area contributed by atoms with Crippen LogP contribution in [0.2, 0.25) is 0 Å². The first kappa shape index (κ1) is 17.9. The smallest absolute Gasteiger partial charge is 0.243 e. The minimum atomic E-state index is -3.69. The van der Waals surface area contributed by atoms with Gasteiger partial charge in [-0.3, -0.25) is 4.79 Å². The molecule has 0 radical (unpaired) electrons. The summed E-state index contributed by atoms with van der Waals surface area (Å²) in [6.07, 6.45) is 1.77. The summed E-state index contributed by atoms with van der Waals surface area (Å²) >= 11 is 0. The minimum absolute atomic E-state index is 0.0967. The van der Waals surface area contributed by atoms with Gasteiger partial charge in [-0.1, -0.05) is 13.3 Å². The van der Waals surface area contributed by atoms with Crippen LogP contribution in [0.5, 0.6) is 0 Å². The summed E-state index contributed by atoms with van der Waals surface area (Å²) in [5.41, 5.74) is 0.389. The fourth-order valence-corrected chi connectivity index (χ4v) is 4.89. The van der Waals surface area contributed by atoms with Gasteiger partial charge in [-0.15, -0.1) is 0 Å². The fourth-order valence-electron chi connectivity index (χ4n) is 3.16. The zero-order chi connectivity index (χ0) is 17.2. The number of nitrogens with zero attached hydrogens (tertiary/aromatic N) is 1. The molecular weight excluding hydrogens is 319 g/mol. The number of rotatable bonds is 5. The van der Waals surface area contributed by atoms with Gasteiger partial charge in [-0.05, 0) is 43.0 Å². The number of amides is 1. The van der Waals surface area contributed by atoms with Crippen molar-refractivity contribution in [1.29, 1.82) is 0 Å². The van der Waals surface area contributed by atoms with Gasteiger partial charge in [0.15, 0.2) is 0 Å². The van der Waals surface area contributed by atoms with Crippen molar-refractivity contribution < 1.29 is 17.6 Å². The molecule has 23 heavy (non-hydrogen) atoms. The largest absolute Gasteiger partial charge is 0.352 e. The SMILES string of the molecule is CCC[C@@H]1CN(S(=O)(=O)c2ccc(F)cc2C)C[C@H]1NC(C)=O. The predicted octanol–water partition coefficient (Wildman–Crippen LogP) is 2.06. The van der Waals surface area contributed by atoms with Crippen molar-refractivity contribution in [3.8, 4) is 0 Å². The summed E-state index contributed by atoms with van der Waals surface area (Å²) in [4.78, 5) is 11.5. The monoisotopic (exact) mass is 342 g/mol. The fraction of sp³-hybridized carbons (Fsp3) is 0.562. The topological polar surface area (TPSA) is 66.5 Å². The first-order valence-electron chi connectivity index (χ1n) is 7.79. The highest BCUT2D eigenvalue weighted by Gasteiger charge is 2.39. The molecule has 0 bridgehead atoms. The highest BCUT2D eigenvalue weighted by atomic mass is 32.2. The molecule has 2 atom stereocenters. The van der Waals surface area contributed by atoms with Gasteiger partial charge in [0.25, 0.3) is 0 Å². The summed E-state index contributed by atoms with van der Waals surface area (Å²) in [6.45, 7) is 5.68. The molecule has 2 rings (SSSR count). The first-order chi connectivity index (χ1) is 10.8. The zero-order valence-electron chi connectivity index (χ0n) is 13.7. The minimum Gasteiger partial charge on any atom is -0.352 e. The first-order valence-corrected chi connectivity index (χ1v) is 9.23. The van der Waals surface area contributed by atoms with Crippen molar-refractivity contribution in [2.75, 3.05) is 13.1 Å². The molecule has 1 aromatic carbocycles. The Morgan fingerprint density at radius 1 is 1.39 bits per heavy atom. The second-order valence-corrected chi connectivity index (χ2v) is 7.99. The third-order valence-electron chi connectivity index (χ3n) is 4.21. The Kier molecular flexibility index (Phi) is 5.41. The van der Waals surface area contributed by atoms with Crippen LogP contribution in [0.15, 0.2) is 23.1 Å². The van der Waals surface area contributed by atoms with E-state index >= 15 is 0 Å². The number of hydrogen-bond donors (Lipinski definition) is 1. The molecule has 1 fully saturated rings. The lowest BCUT2D eigenvalue weighted by molar-refractivity contribution is -0.119. The number of benzene rings is 1. The molecule has 5 nitrogen and oxygen atoms in total. The molecule has 1 aromatic rings. The van der Waals surface area contributed by atoms with Gasteiger partial charge in [0.1, 0.15) is 5.82 Å². The van der Waals surface area contributed by atoms with E-state index in [-0.39, 0.29) is 29.3 Å². The number of halogens is 1. The van der Waals surface area contributed by atoms with E-state index in [1.165, 1.54) is 23.4 Å². The van der Waals surface area contributed by atoms with Crippen LogP contribution in [-0.4, -0.2) is 37.8 Å². The van der Waals surface area contributed by atoms with E-state index in [0.717, 1.165) is 18.9 Å². The second-order valence-electron chi connectivity index (χ2n) is 6.09. The summed E-state index contributed by atoms with van der Waals surface area (Å²) < 4.78 is 40.3.